The van der Waals surface area contributed by atoms with Crippen LogP contribution in [0.4, 0.5) is 0 Å². The van der Waals surface area contributed by atoms with Crippen LogP contribution in [0.5, 0.6) is 5.75 Å². The molecule has 0 saturated heterocycles. The molecule has 1 rings (SSSR count). The fraction of sp³-hybridized carbons (Fsp3) is 0.500. The number of aromatic hydroxyl groups is 1. The van der Waals surface area contributed by atoms with Crippen LogP contribution in [0.25, 0.3) is 0 Å². The maximum atomic E-state index is 9.29. The summed E-state index contributed by atoms with van der Waals surface area (Å²) in [5.41, 5.74) is 0.927. The molecule has 0 aliphatic heterocycles. The van der Waals surface area contributed by atoms with Crippen molar-refractivity contribution in [2.24, 2.45) is 0 Å². The van der Waals surface area contributed by atoms with Crippen LogP contribution in [0.3, 0.4) is 0 Å². The highest BCUT2D eigenvalue weighted by molar-refractivity contribution is 5.28. The quantitative estimate of drug-likeness (QED) is 0.711. The molecule has 3 heteroatoms. The van der Waals surface area contributed by atoms with Crippen LogP contribution < -0.4 is 5.32 Å². The Bertz CT molecular complexity index is 300. The summed E-state index contributed by atoms with van der Waals surface area (Å²) in [5.74, 6) is 0.242. The molecule has 0 aliphatic rings. The number of benzene rings is 1. The molecule has 0 fully saturated rings. The van der Waals surface area contributed by atoms with Crippen LogP contribution in [0.1, 0.15) is 32.4 Å². The van der Waals surface area contributed by atoms with E-state index in [0.29, 0.717) is 0 Å². The van der Waals surface area contributed by atoms with E-state index in [1.165, 1.54) is 0 Å². The van der Waals surface area contributed by atoms with E-state index in [0.717, 1.165) is 5.56 Å². The first-order chi connectivity index (χ1) is 6.92. The SMILES string of the molecule is CC(C)(C)NC(CO)c1ccc(O)cc1. The summed E-state index contributed by atoms with van der Waals surface area (Å²) in [6.45, 7) is 6.20. The summed E-state index contributed by atoms with van der Waals surface area (Å²) in [4.78, 5) is 0. The Morgan fingerprint density at radius 3 is 2.13 bits per heavy atom. The molecule has 0 radical (unpaired) electrons. The molecular weight excluding hydrogens is 190 g/mol. The Kier molecular flexibility index (Phi) is 3.72. The van der Waals surface area contributed by atoms with Gasteiger partial charge in [0.1, 0.15) is 5.75 Å². The van der Waals surface area contributed by atoms with Gasteiger partial charge in [-0.25, -0.2) is 0 Å². The smallest absolute Gasteiger partial charge is 0.115 e. The second-order valence-corrected chi connectivity index (χ2v) is 4.72. The highest BCUT2D eigenvalue weighted by Crippen LogP contribution is 2.18. The van der Waals surface area contributed by atoms with Crippen molar-refractivity contribution in [2.45, 2.75) is 32.4 Å². The summed E-state index contributed by atoms with van der Waals surface area (Å²) >= 11 is 0. The number of hydrogen-bond donors (Lipinski definition) is 3. The molecule has 0 aromatic heterocycles. The minimum Gasteiger partial charge on any atom is -0.508 e. The zero-order valence-corrected chi connectivity index (χ0v) is 9.49. The molecular formula is C12H19NO2. The molecule has 0 spiro atoms. The van der Waals surface area contributed by atoms with Crippen LogP contribution >= 0.6 is 0 Å². The van der Waals surface area contributed by atoms with Gasteiger partial charge in [0, 0.05) is 5.54 Å². The maximum absolute atomic E-state index is 9.29. The minimum absolute atomic E-state index is 0.0437. The van der Waals surface area contributed by atoms with Gasteiger partial charge >= 0.3 is 0 Å². The molecule has 84 valence electrons. The molecule has 1 atom stereocenters. The third-order valence-electron chi connectivity index (χ3n) is 2.09. The predicted molar refractivity (Wildman–Crippen MR) is 60.8 cm³/mol. The Morgan fingerprint density at radius 2 is 1.73 bits per heavy atom. The largest absolute Gasteiger partial charge is 0.508 e. The van der Waals surface area contributed by atoms with Crippen LogP contribution in [0.2, 0.25) is 0 Å². The summed E-state index contributed by atoms with van der Waals surface area (Å²) in [6, 6.07) is 6.79. The number of hydrogen-bond acceptors (Lipinski definition) is 3. The second kappa shape index (κ2) is 4.64. The highest BCUT2D eigenvalue weighted by Gasteiger charge is 2.17. The molecule has 0 heterocycles. The highest BCUT2D eigenvalue weighted by atomic mass is 16.3. The number of aliphatic hydroxyl groups is 1. The van der Waals surface area contributed by atoms with Crippen molar-refractivity contribution in [1.82, 2.24) is 5.32 Å². The van der Waals surface area contributed by atoms with Crippen LogP contribution in [0.15, 0.2) is 24.3 Å². The van der Waals surface area contributed by atoms with Gasteiger partial charge in [-0.3, -0.25) is 0 Å². The third-order valence-corrected chi connectivity index (χ3v) is 2.09. The summed E-state index contributed by atoms with van der Waals surface area (Å²) in [5, 5.41) is 21.8. The van der Waals surface area contributed by atoms with Gasteiger partial charge < -0.3 is 15.5 Å². The first-order valence-electron chi connectivity index (χ1n) is 5.10. The monoisotopic (exact) mass is 209 g/mol. The lowest BCUT2D eigenvalue weighted by molar-refractivity contribution is 0.217. The average Bonchev–Trinajstić information content (AvgIpc) is 2.14. The Morgan fingerprint density at radius 1 is 1.20 bits per heavy atom. The lowest BCUT2D eigenvalue weighted by Crippen LogP contribution is -2.40. The van der Waals surface area contributed by atoms with Gasteiger partial charge in [-0.15, -0.1) is 0 Å². The number of phenols is 1. The molecule has 3 nitrogen and oxygen atoms in total. The van der Waals surface area contributed by atoms with Crippen molar-refractivity contribution in [3.05, 3.63) is 29.8 Å². The van der Waals surface area contributed by atoms with Crippen molar-refractivity contribution in [2.75, 3.05) is 6.61 Å². The van der Waals surface area contributed by atoms with E-state index in [1.807, 2.05) is 12.1 Å². The van der Waals surface area contributed by atoms with Gasteiger partial charge in [-0.2, -0.15) is 0 Å². The van der Waals surface area contributed by atoms with E-state index in [4.69, 9.17) is 5.11 Å². The normalized spacial score (nSPS) is 13.9. The number of aliphatic hydroxyl groups excluding tert-OH is 1. The molecule has 0 aliphatic carbocycles. The van der Waals surface area contributed by atoms with Crippen molar-refractivity contribution in [3.8, 4) is 5.75 Å². The summed E-state index contributed by atoms with van der Waals surface area (Å²) in [6.07, 6.45) is 0. The standard InChI is InChI=1S/C12H19NO2/c1-12(2,3)13-11(8-14)9-4-6-10(15)7-5-9/h4-7,11,13-15H,8H2,1-3H3. The molecule has 1 aromatic rings. The van der Waals surface area contributed by atoms with Gasteiger partial charge in [0.15, 0.2) is 0 Å². The topological polar surface area (TPSA) is 52.5 Å². The van der Waals surface area contributed by atoms with Crippen molar-refractivity contribution in [3.63, 3.8) is 0 Å². The van der Waals surface area contributed by atoms with Gasteiger partial charge in [0.25, 0.3) is 0 Å². The molecule has 15 heavy (non-hydrogen) atoms. The van der Waals surface area contributed by atoms with Crippen molar-refractivity contribution in [1.29, 1.82) is 0 Å². The van der Waals surface area contributed by atoms with Crippen LogP contribution in [-0.2, 0) is 0 Å². The van der Waals surface area contributed by atoms with Gasteiger partial charge in [0.2, 0.25) is 0 Å². The van der Waals surface area contributed by atoms with Gasteiger partial charge in [-0.05, 0) is 38.5 Å². The third kappa shape index (κ3) is 3.90. The molecule has 1 aromatic carbocycles. The molecule has 0 bridgehead atoms. The van der Waals surface area contributed by atoms with E-state index < -0.39 is 0 Å². The van der Waals surface area contributed by atoms with Crippen LogP contribution in [-0.4, -0.2) is 22.4 Å². The molecule has 3 N–H and O–H groups in total. The van der Waals surface area contributed by atoms with Gasteiger partial charge in [-0.1, -0.05) is 12.1 Å². The van der Waals surface area contributed by atoms with E-state index in [2.05, 4.69) is 26.1 Å². The predicted octanol–water partition coefficient (Wildman–Crippen LogP) is 1.81. The fourth-order valence-corrected chi connectivity index (χ4v) is 1.46. The zero-order valence-electron chi connectivity index (χ0n) is 9.49. The molecule has 0 saturated carbocycles. The Hall–Kier alpha value is -1.06. The van der Waals surface area contributed by atoms with Gasteiger partial charge in [0.05, 0.1) is 12.6 Å². The van der Waals surface area contributed by atoms with Crippen molar-refractivity contribution >= 4 is 0 Å². The molecule has 1 unspecified atom stereocenters. The maximum Gasteiger partial charge on any atom is 0.115 e. The Balaban J connectivity index is 2.79. The van der Waals surface area contributed by atoms with Crippen molar-refractivity contribution < 1.29 is 10.2 Å². The minimum atomic E-state index is -0.0920. The lowest BCUT2D eigenvalue weighted by Gasteiger charge is -2.27. The number of phenolic OH excluding ortho intramolecular Hbond substituents is 1. The first kappa shape index (κ1) is 12.0. The number of rotatable bonds is 3. The first-order valence-corrected chi connectivity index (χ1v) is 5.10. The Labute approximate surface area is 90.8 Å². The average molecular weight is 209 g/mol. The van der Waals surface area contributed by atoms with E-state index in [-0.39, 0.29) is 23.9 Å². The lowest BCUT2D eigenvalue weighted by atomic mass is 10.0. The molecule has 0 amide bonds. The second-order valence-electron chi connectivity index (χ2n) is 4.72. The van der Waals surface area contributed by atoms with Crippen LogP contribution in [0, 0.1) is 0 Å². The zero-order chi connectivity index (χ0) is 11.5. The number of nitrogens with one attached hydrogen (secondary N) is 1. The van der Waals surface area contributed by atoms with E-state index in [9.17, 15) is 5.11 Å². The van der Waals surface area contributed by atoms with E-state index >= 15 is 0 Å². The fourth-order valence-electron chi connectivity index (χ4n) is 1.46. The van der Waals surface area contributed by atoms with E-state index in [1.54, 1.807) is 12.1 Å². The summed E-state index contributed by atoms with van der Waals surface area (Å²) in [7, 11) is 0. The summed E-state index contributed by atoms with van der Waals surface area (Å²) < 4.78 is 0.